The Hall–Kier alpha value is -2.37. The van der Waals surface area contributed by atoms with Crippen LogP contribution in [0.3, 0.4) is 0 Å². The summed E-state index contributed by atoms with van der Waals surface area (Å²) in [6, 6.07) is 13.8. The van der Waals surface area contributed by atoms with Gasteiger partial charge >= 0.3 is 0 Å². The Morgan fingerprint density at radius 1 is 1.20 bits per heavy atom. The van der Waals surface area contributed by atoms with Gasteiger partial charge in [-0.3, -0.25) is 9.63 Å². The molecular formula is C20H24N2O3. The van der Waals surface area contributed by atoms with Crippen molar-refractivity contribution in [1.82, 2.24) is 9.96 Å². The fourth-order valence-corrected chi connectivity index (χ4v) is 3.04. The smallest absolute Gasteiger partial charge is 0.253 e. The molecule has 0 spiro atoms. The fourth-order valence-electron chi connectivity index (χ4n) is 3.04. The number of hydrogen-bond donors (Lipinski definition) is 0. The van der Waals surface area contributed by atoms with E-state index in [1.807, 2.05) is 41.5 Å². The first-order chi connectivity index (χ1) is 12.1. The topological polar surface area (TPSA) is 42.0 Å². The number of benzene rings is 2. The van der Waals surface area contributed by atoms with E-state index in [9.17, 15) is 4.79 Å². The molecular weight excluding hydrogens is 316 g/mol. The molecule has 0 bridgehead atoms. The Labute approximate surface area is 148 Å². The van der Waals surface area contributed by atoms with Gasteiger partial charge in [-0.25, -0.2) is 0 Å². The molecule has 0 saturated carbocycles. The number of amides is 1. The summed E-state index contributed by atoms with van der Waals surface area (Å²) in [6.07, 6.45) is 1.06. The highest BCUT2D eigenvalue weighted by atomic mass is 16.7. The van der Waals surface area contributed by atoms with Crippen LogP contribution in [-0.4, -0.2) is 50.2 Å². The number of carbonyl (C=O) groups is 1. The van der Waals surface area contributed by atoms with Crippen LogP contribution in [0.2, 0.25) is 0 Å². The Kier molecular flexibility index (Phi) is 5.36. The highest BCUT2D eigenvalue weighted by molar-refractivity contribution is 5.94. The van der Waals surface area contributed by atoms with Crippen LogP contribution in [0.4, 0.5) is 0 Å². The SMILES string of the molecule is COc1c(CN2CCCO2)cccc1-c1ccc(C(=O)N(C)C)cc1. The second kappa shape index (κ2) is 7.68. The van der Waals surface area contributed by atoms with Crippen LogP contribution < -0.4 is 4.74 Å². The Morgan fingerprint density at radius 3 is 2.56 bits per heavy atom. The maximum absolute atomic E-state index is 12.0. The highest BCUT2D eigenvalue weighted by Crippen LogP contribution is 2.34. The molecule has 5 nitrogen and oxygen atoms in total. The summed E-state index contributed by atoms with van der Waals surface area (Å²) in [5.74, 6) is 0.850. The van der Waals surface area contributed by atoms with E-state index in [1.54, 1.807) is 26.1 Å². The molecule has 1 amide bonds. The van der Waals surface area contributed by atoms with Crippen molar-refractivity contribution >= 4 is 5.91 Å². The van der Waals surface area contributed by atoms with Gasteiger partial charge in [-0.2, -0.15) is 5.06 Å². The lowest BCUT2D eigenvalue weighted by Crippen LogP contribution is -2.21. The monoisotopic (exact) mass is 340 g/mol. The molecule has 0 unspecified atom stereocenters. The van der Waals surface area contributed by atoms with E-state index in [0.717, 1.165) is 42.0 Å². The van der Waals surface area contributed by atoms with Crippen LogP contribution in [0.1, 0.15) is 22.3 Å². The second-order valence-electron chi connectivity index (χ2n) is 6.33. The van der Waals surface area contributed by atoms with Crippen molar-refractivity contribution in [3.63, 3.8) is 0 Å². The summed E-state index contributed by atoms with van der Waals surface area (Å²) < 4.78 is 5.70. The average molecular weight is 340 g/mol. The van der Waals surface area contributed by atoms with Crippen molar-refractivity contribution in [2.24, 2.45) is 0 Å². The van der Waals surface area contributed by atoms with Crippen molar-refractivity contribution < 1.29 is 14.4 Å². The van der Waals surface area contributed by atoms with Gasteiger partial charge in [0.25, 0.3) is 5.91 Å². The first-order valence-corrected chi connectivity index (χ1v) is 8.46. The minimum atomic E-state index is -0.00144. The summed E-state index contributed by atoms with van der Waals surface area (Å²) in [4.78, 5) is 19.2. The van der Waals surface area contributed by atoms with Crippen molar-refractivity contribution in [2.75, 3.05) is 34.4 Å². The summed E-state index contributed by atoms with van der Waals surface area (Å²) in [5.41, 5.74) is 3.81. The molecule has 0 atom stereocenters. The fraction of sp³-hybridized carbons (Fsp3) is 0.350. The van der Waals surface area contributed by atoms with E-state index in [1.165, 1.54) is 0 Å². The molecule has 0 radical (unpaired) electrons. The zero-order valence-electron chi connectivity index (χ0n) is 15.0. The molecule has 2 aromatic rings. The number of hydroxylamine groups is 2. The first-order valence-electron chi connectivity index (χ1n) is 8.46. The zero-order chi connectivity index (χ0) is 17.8. The van der Waals surface area contributed by atoms with E-state index in [0.29, 0.717) is 12.1 Å². The summed E-state index contributed by atoms with van der Waals surface area (Å²) >= 11 is 0. The van der Waals surface area contributed by atoms with Crippen LogP contribution in [0, 0.1) is 0 Å². The first kappa shape index (κ1) is 17.5. The number of rotatable bonds is 5. The van der Waals surface area contributed by atoms with Gasteiger partial charge in [0.1, 0.15) is 5.75 Å². The molecule has 1 fully saturated rings. The third-order valence-electron chi connectivity index (χ3n) is 4.32. The van der Waals surface area contributed by atoms with Crippen molar-refractivity contribution in [2.45, 2.75) is 13.0 Å². The van der Waals surface area contributed by atoms with Gasteiger partial charge in [0.15, 0.2) is 0 Å². The van der Waals surface area contributed by atoms with Crippen LogP contribution in [0.25, 0.3) is 11.1 Å². The molecule has 0 aromatic heterocycles. The van der Waals surface area contributed by atoms with E-state index in [2.05, 4.69) is 6.07 Å². The second-order valence-corrected chi connectivity index (χ2v) is 6.33. The number of nitrogens with zero attached hydrogens (tertiary/aromatic N) is 2. The lowest BCUT2D eigenvalue weighted by Gasteiger charge is -2.18. The molecule has 1 aliphatic heterocycles. The zero-order valence-corrected chi connectivity index (χ0v) is 15.0. The van der Waals surface area contributed by atoms with Crippen molar-refractivity contribution in [3.05, 3.63) is 53.6 Å². The van der Waals surface area contributed by atoms with Crippen molar-refractivity contribution in [1.29, 1.82) is 0 Å². The van der Waals surface area contributed by atoms with Crippen LogP contribution in [0.15, 0.2) is 42.5 Å². The lowest BCUT2D eigenvalue weighted by atomic mass is 9.99. The maximum atomic E-state index is 12.0. The highest BCUT2D eigenvalue weighted by Gasteiger charge is 2.18. The van der Waals surface area contributed by atoms with Crippen LogP contribution >= 0.6 is 0 Å². The Morgan fingerprint density at radius 2 is 1.96 bits per heavy atom. The molecule has 25 heavy (non-hydrogen) atoms. The van der Waals surface area contributed by atoms with Gasteiger partial charge in [0.05, 0.1) is 20.3 Å². The standard InChI is InChI=1S/C20H24N2O3/c1-21(2)20(23)16-10-8-15(9-11-16)18-7-4-6-17(19(18)24-3)14-22-12-5-13-25-22/h4,6-11H,5,12-14H2,1-3H3. The normalized spacial score (nSPS) is 14.5. The number of carbonyl (C=O) groups excluding carboxylic acids is 1. The van der Waals surface area contributed by atoms with E-state index in [4.69, 9.17) is 9.57 Å². The van der Waals surface area contributed by atoms with Gasteiger partial charge in [-0.1, -0.05) is 30.3 Å². The average Bonchev–Trinajstić information content (AvgIpc) is 3.14. The third-order valence-corrected chi connectivity index (χ3v) is 4.32. The molecule has 1 saturated heterocycles. The number of ether oxygens (including phenoxy) is 1. The van der Waals surface area contributed by atoms with Gasteiger partial charge in [-0.05, 0) is 24.1 Å². The minimum Gasteiger partial charge on any atom is -0.496 e. The molecule has 1 heterocycles. The van der Waals surface area contributed by atoms with E-state index < -0.39 is 0 Å². The van der Waals surface area contributed by atoms with Crippen LogP contribution in [0.5, 0.6) is 5.75 Å². The maximum Gasteiger partial charge on any atom is 0.253 e. The molecule has 132 valence electrons. The Bertz CT molecular complexity index is 735. The summed E-state index contributed by atoms with van der Waals surface area (Å²) in [7, 11) is 5.20. The lowest BCUT2D eigenvalue weighted by molar-refractivity contribution is -0.117. The molecule has 5 heteroatoms. The number of methoxy groups -OCH3 is 1. The number of hydrogen-bond acceptors (Lipinski definition) is 4. The molecule has 3 rings (SSSR count). The van der Waals surface area contributed by atoms with E-state index >= 15 is 0 Å². The molecule has 0 N–H and O–H groups in total. The van der Waals surface area contributed by atoms with Gasteiger partial charge < -0.3 is 9.64 Å². The van der Waals surface area contributed by atoms with E-state index in [-0.39, 0.29) is 5.91 Å². The quantitative estimate of drug-likeness (QED) is 0.838. The molecule has 0 aliphatic carbocycles. The molecule has 1 aliphatic rings. The van der Waals surface area contributed by atoms with Crippen LogP contribution in [-0.2, 0) is 11.4 Å². The Balaban J connectivity index is 1.89. The molecule has 2 aromatic carbocycles. The summed E-state index contributed by atoms with van der Waals surface area (Å²) in [6.45, 7) is 2.42. The predicted molar refractivity (Wildman–Crippen MR) is 97.4 cm³/mol. The van der Waals surface area contributed by atoms with Gasteiger partial charge in [0, 0.05) is 37.3 Å². The minimum absolute atomic E-state index is 0.00144. The third kappa shape index (κ3) is 3.83. The largest absolute Gasteiger partial charge is 0.496 e. The van der Waals surface area contributed by atoms with Gasteiger partial charge in [-0.15, -0.1) is 0 Å². The number of para-hydroxylation sites is 1. The van der Waals surface area contributed by atoms with Crippen molar-refractivity contribution in [3.8, 4) is 16.9 Å². The predicted octanol–water partition coefficient (Wildman–Crippen LogP) is 3.20. The van der Waals surface area contributed by atoms with Gasteiger partial charge in [0.2, 0.25) is 0 Å². The summed E-state index contributed by atoms with van der Waals surface area (Å²) in [5, 5.41) is 1.97.